The molecule has 0 saturated carbocycles. The quantitative estimate of drug-likeness (QED) is 0.597. The van der Waals surface area contributed by atoms with E-state index >= 15 is 0 Å². The highest BCUT2D eigenvalue weighted by Crippen LogP contribution is 2.33. The number of nitrogens with zero attached hydrogens (tertiary/aromatic N) is 1. The Kier molecular flexibility index (Phi) is 1.93. The van der Waals surface area contributed by atoms with Crippen LogP contribution in [0.1, 0.15) is 13.8 Å². The van der Waals surface area contributed by atoms with Gasteiger partial charge >= 0.3 is 0 Å². The number of thioether (sulfide) groups is 1. The van der Waals surface area contributed by atoms with Gasteiger partial charge in [0.1, 0.15) is 0 Å². The summed E-state index contributed by atoms with van der Waals surface area (Å²) in [5.41, 5.74) is 0. The highest BCUT2D eigenvalue weighted by atomic mass is 32.2. The largest absolute Gasteiger partial charge is 0.378 e. The molecule has 0 aromatic heterocycles. The molecule has 2 atom stereocenters. The SMILES string of the molecule is CC(C)C1=NC2COCC2S1. The fraction of sp³-hybridized carbons (Fsp3) is 0.875. The first-order valence-corrected chi connectivity index (χ1v) is 4.97. The van der Waals surface area contributed by atoms with Crippen LogP contribution >= 0.6 is 11.8 Å². The monoisotopic (exact) mass is 171 g/mol. The van der Waals surface area contributed by atoms with E-state index in [1.165, 1.54) is 5.04 Å². The fourth-order valence-electron chi connectivity index (χ4n) is 1.39. The second kappa shape index (κ2) is 2.79. The van der Waals surface area contributed by atoms with Crippen molar-refractivity contribution < 1.29 is 4.74 Å². The summed E-state index contributed by atoms with van der Waals surface area (Å²) in [5, 5.41) is 1.95. The molecule has 2 rings (SSSR count). The van der Waals surface area contributed by atoms with Gasteiger partial charge in [-0.15, -0.1) is 11.8 Å². The molecule has 0 bridgehead atoms. The van der Waals surface area contributed by atoms with E-state index in [1.54, 1.807) is 0 Å². The van der Waals surface area contributed by atoms with E-state index in [4.69, 9.17) is 4.74 Å². The summed E-state index contributed by atoms with van der Waals surface area (Å²) in [5.74, 6) is 0.602. The minimum absolute atomic E-state index is 0.470. The molecule has 2 aliphatic rings. The second-order valence-electron chi connectivity index (χ2n) is 3.38. The zero-order valence-corrected chi connectivity index (χ0v) is 7.73. The molecule has 0 aromatic rings. The van der Waals surface area contributed by atoms with Crippen LogP contribution in [0.3, 0.4) is 0 Å². The molecule has 11 heavy (non-hydrogen) atoms. The van der Waals surface area contributed by atoms with Gasteiger partial charge in [0.15, 0.2) is 0 Å². The molecule has 2 nitrogen and oxygen atoms in total. The molecule has 62 valence electrons. The Morgan fingerprint density at radius 2 is 2.36 bits per heavy atom. The Labute approximate surface area is 71.4 Å². The molecule has 0 amide bonds. The lowest BCUT2D eigenvalue weighted by Gasteiger charge is -2.04. The Morgan fingerprint density at radius 3 is 3.00 bits per heavy atom. The number of hydrogen-bond acceptors (Lipinski definition) is 3. The Morgan fingerprint density at radius 1 is 1.55 bits per heavy atom. The summed E-state index contributed by atoms with van der Waals surface area (Å²) in [6.07, 6.45) is 0. The maximum Gasteiger partial charge on any atom is 0.0887 e. The smallest absolute Gasteiger partial charge is 0.0887 e. The van der Waals surface area contributed by atoms with Crippen molar-refractivity contribution in [3.63, 3.8) is 0 Å². The molecule has 1 saturated heterocycles. The van der Waals surface area contributed by atoms with Gasteiger partial charge in [-0.05, 0) is 0 Å². The molecule has 0 aromatic carbocycles. The lowest BCUT2D eigenvalue weighted by Crippen LogP contribution is -2.12. The van der Waals surface area contributed by atoms with Gasteiger partial charge in [0.2, 0.25) is 0 Å². The van der Waals surface area contributed by atoms with Crippen LogP contribution in [0.5, 0.6) is 0 Å². The van der Waals surface area contributed by atoms with Crippen molar-refractivity contribution in [3.05, 3.63) is 0 Å². The summed E-state index contributed by atoms with van der Waals surface area (Å²) in [6, 6.07) is 0.470. The molecule has 3 heteroatoms. The molecule has 0 N–H and O–H groups in total. The fourth-order valence-corrected chi connectivity index (χ4v) is 2.63. The van der Waals surface area contributed by atoms with Gasteiger partial charge in [0.05, 0.1) is 29.5 Å². The van der Waals surface area contributed by atoms with Crippen LogP contribution in [-0.2, 0) is 4.74 Å². The third-order valence-corrected chi connectivity index (χ3v) is 3.63. The summed E-state index contributed by atoms with van der Waals surface area (Å²) < 4.78 is 5.31. The number of hydrogen-bond donors (Lipinski definition) is 0. The van der Waals surface area contributed by atoms with Crippen LogP contribution in [0.2, 0.25) is 0 Å². The van der Waals surface area contributed by atoms with Gasteiger partial charge in [-0.2, -0.15) is 0 Å². The van der Waals surface area contributed by atoms with Crippen LogP contribution in [-0.4, -0.2) is 29.5 Å². The van der Waals surface area contributed by atoms with Crippen LogP contribution in [0.4, 0.5) is 0 Å². The van der Waals surface area contributed by atoms with Crippen molar-refractivity contribution in [1.29, 1.82) is 0 Å². The van der Waals surface area contributed by atoms with E-state index in [9.17, 15) is 0 Å². The molecule has 1 fully saturated rings. The third-order valence-electron chi connectivity index (χ3n) is 2.06. The van der Waals surface area contributed by atoms with E-state index in [2.05, 4.69) is 18.8 Å². The minimum Gasteiger partial charge on any atom is -0.378 e. The van der Waals surface area contributed by atoms with Crippen molar-refractivity contribution in [1.82, 2.24) is 0 Å². The van der Waals surface area contributed by atoms with E-state index in [-0.39, 0.29) is 0 Å². The normalized spacial score (nSPS) is 36.1. The third kappa shape index (κ3) is 1.32. The van der Waals surface area contributed by atoms with Crippen molar-refractivity contribution in [2.75, 3.05) is 13.2 Å². The van der Waals surface area contributed by atoms with Crippen LogP contribution in [0.15, 0.2) is 4.99 Å². The zero-order valence-electron chi connectivity index (χ0n) is 6.91. The molecule has 0 spiro atoms. The first kappa shape index (κ1) is 7.62. The molecule has 2 aliphatic heterocycles. The highest BCUT2D eigenvalue weighted by Gasteiger charge is 2.35. The van der Waals surface area contributed by atoms with Crippen LogP contribution in [0.25, 0.3) is 0 Å². The maximum atomic E-state index is 5.31. The number of rotatable bonds is 1. The second-order valence-corrected chi connectivity index (χ2v) is 4.64. The lowest BCUT2D eigenvalue weighted by atomic mass is 10.2. The van der Waals surface area contributed by atoms with Gasteiger partial charge in [-0.25, -0.2) is 0 Å². The van der Waals surface area contributed by atoms with Crippen molar-refractivity contribution >= 4 is 16.8 Å². The van der Waals surface area contributed by atoms with Gasteiger partial charge < -0.3 is 4.74 Å². The van der Waals surface area contributed by atoms with Crippen LogP contribution in [0, 0.1) is 5.92 Å². The zero-order chi connectivity index (χ0) is 7.84. The number of aliphatic imine (C=N–C) groups is 1. The predicted molar refractivity (Wildman–Crippen MR) is 48.3 cm³/mol. The van der Waals surface area contributed by atoms with Crippen LogP contribution < -0.4 is 0 Å². The maximum absolute atomic E-state index is 5.31. The summed E-state index contributed by atoms with van der Waals surface area (Å²) in [6.45, 7) is 6.14. The van der Waals surface area contributed by atoms with E-state index in [1.807, 2.05) is 11.8 Å². The predicted octanol–water partition coefficient (Wildman–Crippen LogP) is 1.56. The van der Waals surface area contributed by atoms with Gasteiger partial charge in [-0.3, -0.25) is 4.99 Å². The summed E-state index contributed by atoms with van der Waals surface area (Å²) >= 11 is 1.91. The average Bonchev–Trinajstić information content (AvgIpc) is 2.40. The first-order valence-electron chi connectivity index (χ1n) is 4.09. The Hall–Kier alpha value is -0.0200. The molecule has 0 aliphatic carbocycles. The minimum atomic E-state index is 0.470. The molecule has 0 radical (unpaired) electrons. The van der Waals surface area contributed by atoms with Gasteiger partial charge in [0.25, 0.3) is 0 Å². The Balaban J connectivity index is 2.07. The molecular weight excluding hydrogens is 158 g/mol. The molecule has 2 heterocycles. The van der Waals surface area contributed by atoms with Crippen molar-refractivity contribution in [2.24, 2.45) is 10.9 Å². The van der Waals surface area contributed by atoms with Gasteiger partial charge in [-0.1, -0.05) is 13.8 Å². The molecular formula is C8H13NOS. The Bertz CT molecular complexity index is 191. The van der Waals surface area contributed by atoms with Crippen molar-refractivity contribution in [2.45, 2.75) is 25.1 Å². The number of ether oxygens (including phenoxy) is 1. The van der Waals surface area contributed by atoms with E-state index < -0.39 is 0 Å². The topological polar surface area (TPSA) is 21.6 Å². The average molecular weight is 171 g/mol. The van der Waals surface area contributed by atoms with E-state index in [0.717, 1.165) is 13.2 Å². The van der Waals surface area contributed by atoms with E-state index in [0.29, 0.717) is 17.2 Å². The van der Waals surface area contributed by atoms with Gasteiger partial charge in [0, 0.05) is 5.92 Å². The summed E-state index contributed by atoms with van der Waals surface area (Å²) in [7, 11) is 0. The van der Waals surface area contributed by atoms with Crippen molar-refractivity contribution in [3.8, 4) is 0 Å². The number of fused-ring (bicyclic) bond motifs is 1. The molecule has 2 unspecified atom stereocenters. The summed E-state index contributed by atoms with van der Waals surface area (Å²) in [4.78, 5) is 4.60. The lowest BCUT2D eigenvalue weighted by molar-refractivity contribution is 0.195. The first-order chi connectivity index (χ1) is 5.27. The highest BCUT2D eigenvalue weighted by molar-refractivity contribution is 8.14. The standard InChI is InChI=1S/C8H13NOS/c1-5(2)8-9-6-3-10-4-7(6)11-8/h5-7H,3-4H2,1-2H3.